The van der Waals surface area contributed by atoms with Gasteiger partial charge in [-0.05, 0) is 43.8 Å². The van der Waals surface area contributed by atoms with E-state index in [1.54, 1.807) is 11.3 Å². The molecule has 0 radical (unpaired) electrons. The highest BCUT2D eigenvalue weighted by Gasteiger charge is 2.32. The van der Waals surface area contributed by atoms with Crippen LogP contribution < -0.4 is 5.32 Å². The maximum Gasteiger partial charge on any atom is 0.0536 e. The number of rotatable bonds is 2. The van der Waals surface area contributed by atoms with Gasteiger partial charge in [-0.1, -0.05) is 6.07 Å². The summed E-state index contributed by atoms with van der Waals surface area (Å²) in [4.78, 5) is 1.35. The molecule has 1 aromatic rings. The van der Waals surface area contributed by atoms with Crippen LogP contribution in [0.25, 0.3) is 0 Å². The SMILES string of the molecule is OCC1(c2cccs2)CCCNCC1. The zero-order chi connectivity index (χ0) is 9.86. The molecule has 14 heavy (non-hydrogen) atoms. The van der Waals surface area contributed by atoms with Crippen LogP contribution in [0.15, 0.2) is 17.5 Å². The second kappa shape index (κ2) is 4.43. The zero-order valence-electron chi connectivity index (χ0n) is 8.33. The summed E-state index contributed by atoms with van der Waals surface area (Å²) in [6.07, 6.45) is 3.33. The zero-order valence-corrected chi connectivity index (χ0v) is 9.15. The molecule has 0 bridgehead atoms. The molecule has 0 aliphatic carbocycles. The van der Waals surface area contributed by atoms with E-state index in [9.17, 15) is 5.11 Å². The Morgan fingerprint density at radius 1 is 1.43 bits per heavy atom. The van der Waals surface area contributed by atoms with Crippen molar-refractivity contribution in [2.75, 3.05) is 19.7 Å². The Morgan fingerprint density at radius 2 is 2.36 bits per heavy atom. The molecule has 1 aliphatic heterocycles. The largest absolute Gasteiger partial charge is 0.395 e. The van der Waals surface area contributed by atoms with Crippen LogP contribution in [0.3, 0.4) is 0 Å². The predicted octanol–water partition coefficient (Wildman–Crippen LogP) is 1.75. The molecule has 0 spiro atoms. The number of nitrogens with one attached hydrogen (secondary N) is 1. The van der Waals surface area contributed by atoms with Crippen LogP contribution in [0, 0.1) is 0 Å². The minimum atomic E-state index is 0.0394. The summed E-state index contributed by atoms with van der Waals surface area (Å²) in [5.74, 6) is 0. The van der Waals surface area contributed by atoms with E-state index in [0.717, 1.165) is 25.9 Å². The van der Waals surface area contributed by atoms with Gasteiger partial charge < -0.3 is 10.4 Å². The van der Waals surface area contributed by atoms with E-state index < -0.39 is 0 Å². The first-order chi connectivity index (χ1) is 6.87. The Balaban J connectivity index is 2.23. The van der Waals surface area contributed by atoms with E-state index in [1.807, 2.05) is 0 Å². The van der Waals surface area contributed by atoms with Gasteiger partial charge in [-0.15, -0.1) is 11.3 Å². The topological polar surface area (TPSA) is 32.3 Å². The van der Waals surface area contributed by atoms with E-state index in [1.165, 1.54) is 11.3 Å². The number of aliphatic hydroxyl groups excluding tert-OH is 1. The second-order valence-corrected chi connectivity index (χ2v) is 4.97. The quantitative estimate of drug-likeness (QED) is 0.781. The van der Waals surface area contributed by atoms with Gasteiger partial charge in [0.25, 0.3) is 0 Å². The van der Waals surface area contributed by atoms with Crippen LogP contribution >= 0.6 is 11.3 Å². The molecule has 1 atom stereocenters. The van der Waals surface area contributed by atoms with E-state index in [4.69, 9.17) is 0 Å². The number of hydrogen-bond acceptors (Lipinski definition) is 3. The molecule has 2 N–H and O–H groups in total. The maximum atomic E-state index is 9.62. The van der Waals surface area contributed by atoms with Crippen molar-refractivity contribution in [2.24, 2.45) is 0 Å². The molecule has 2 heterocycles. The van der Waals surface area contributed by atoms with Crippen LogP contribution in [0.1, 0.15) is 24.1 Å². The molecule has 1 aliphatic rings. The summed E-state index contributed by atoms with van der Waals surface area (Å²) in [6, 6.07) is 4.24. The van der Waals surface area contributed by atoms with Gasteiger partial charge >= 0.3 is 0 Å². The highest BCUT2D eigenvalue weighted by Crippen LogP contribution is 2.36. The molecule has 0 saturated carbocycles. The van der Waals surface area contributed by atoms with Gasteiger partial charge in [0.15, 0.2) is 0 Å². The Morgan fingerprint density at radius 3 is 3.07 bits per heavy atom. The van der Waals surface area contributed by atoms with Crippen molar-refractivity contribution in [1.82, 2.24) is 5.32 Å². The van der Waals surface area contributed by atoms with Crippen LogP contribution in [0.4, 0.5) is 0 Å². The summed E-state index contributed by atoms with van der Waals surface area (Å²) in [5, 5.41) is 15.1. The van der Waals surface area contributed by atoms with Crippen molar-refractivity contribution in [3.63, 3.8) is 0 Å². The lowest BCUT2D eigenvalue weighted by atomic mass is 9.80. The highest BCUT2D eigenvalue weighted by molar-refractivity contribution is 7.10. The summed E-state index contributed by atoms with van der Waals surface area (Å²) in [6.45, 7) is 2.40. The van der Waals surface area contributed by atoms with Gasteiger partial charge in [-0.3, -0.25) is 0 Å². The molecule has 1 aromatic heterocycles. The molecule has 2 rings (SSSR count). The Hall–Kier alpha value is -0.380. The van der Waals surface area contributed by atoms with Crippen molar-refractivity contribution in [3.8, 4) is 0 Å². The van der Waals surface area contributed by atoms with Gasteiger partial charge in [-0.25, -0.2) is 0 Å². The lowest BCUT2D eigenvalue weighted by Crippen LogP contribution is -2.30. The standard InChI is InChI=1S/C11H17NOS/c13-9-11(10-3-1-8-14-10)4-2-6-12-7-5-11/h1,3,8,12-13H,2,4-7,9H2. The number of hydrogen-bond donors (Lipinski definition) is 2. The third-order valence-corrected chi connectivity index (χ3v) is 4.25. The Bertz CT molecular complexity index is 263. The van der Waals surface area contributed by atoms with Crippen LogP contribution in [0.5, 0.6) is 0 Å². The second-order valence-electron chi connectivity index (χ2n) is 4.02. The lowest BCUT2D eigenvalue weighted by molar-refractivity contribution is 0.181. The third-order valence-electron chi connectivity index (χ3n) is 3.14. The van der Waals surface area contributed by atoms with Gasteiger partial charge in [0.2, 0.25) is 0 Å². The first-order valence-electron chi connectivity index (χ1n) is 5.23. The molecule has 1 fully saturated rings. The number of aliphatic hydroxyl groups is 1. The van der Waals surface area contributed by atoms with Gasteiger partial charge in [0.1, 0.15) is 0 Å². The highest BCUT2D eigenvalue weighted by atomic mass is 32.1. The van der Waals surface area contributed by atoms with Crippen molar-refractivity contribution in [1.29, 1.82) is 0 Å². The maximum absolute atomic E-state index is 9.62. The molecule has 78 valence electrons. The van der Waals surface area contributed by atoms with Crippen molar-refractivity contribution in [2.45, 2.75) is 24.7 Å². The van der Waals surface area contributed by atoms with Crippen LogP contribution in [0.2, 0.25) is 0 Å². The first kappa shape index (κ1) is 10.1. The van der Waals surface area contributed by atoms with E-state index in [-0.39, 0.29) is 12.0 Å². The van der Waals surface area contributed by atoms with Crippen molar-refractivity contribution < 1.29 is 5.11 Å². The summed E-state index contributed by atoms with van der Waals surface area (Å²) < 4.78 is 0. The summed E-state index contributed by atoms with van der Waals surface area (Å²) in [7, 11) is 0. The summed E-state index contributed by atoms with van der Waals surface area (Å²) in [5.41, 5.74) is 0.0394. The molecular formula is C11H17NOS. The van der Waals surface area contributed by atoms with Crippen LogP contribution in [-0.4, -0.2) is 24.8 Å². The molecule has 1 saturated heterocycles. The van der Waals surface area contributed by atoms with Gasteiger partial charge in [0.05, 0.1) is 6.61 Å². The smallest absolute Gasteiger partial charge is 0.0536 e. The van der Waals surface area contributed by atoms with E-state index in [2.05, 4.69) is 22.8 Å². The van der Waals surface area contributed by atoms with Crippen LogP contribution in [-0.2, 0) is 5.41 Å². The lowest BCUT2D eigenvalue weighted by Gasteiger charge is -2.29. The van der Waals surface area contributed by atoms with E-state index in [0.29, 0.717) is 0 Å². The minimum Gasteiger partial charge on any atom is -0.395 e. The molecule has 3 heteroatoms. The molecule has 2 nitrogen and oxygen atoms in total. The monoisotopic (exact) mass is 211 g/mol. The molecule has 1 unspecified atom stereocenters. The van der Waals surface area contributed by atoms with E-state index >= 15 is 0 Å². The molecule has 0 aromatic carbocycles. The Labute approximate surface area is 89.0 Å². The fraction of sp³-hybridized carbons (Fsp3) is 0.636. The minimum absolute atomic E-state index is 0.0394. The Kier molecular flexibility index (Phi) is 3.21. The van der Waals surface area contributed by atoms with Gasteiger partial charge in [0, 0.05) is 10.3 Å². The molecule has 0 amide bonds. The fourth-order valence-electron chi connectivity index (χ4n) is 2.19. The summed E-state index contributed by atoms with van der Waals surface area (Å²) >= 11 is 1.77. The van der Waals surface area contributed by atoms with Gasteiger partial charge in [-0.2, -0.15) is 0 Å². The predicted molar refractivity (Wildman–Crippen MR) is 59.8 cm³/mol. The fourth-order valence-corrected chi connectivity index (χ4v) is 3.17. The van der Waals surface area contributed by atoms with Crippen molar-refractivity contribution >= 4 is 11.3 Å². The molecular weight excluding hydrogens is 194 g/mol. The average Bonchev–Trinajstić information content (AvgIpc) is 2.64. The first-order valence-corrected chi connectivity index (χ1v) is 6.11. The normalized spacial score (nSPS) is 28.6. The average molecular weight is 211 g/mol. The third kappa shape index (κ3) is 1.85. The number of thiophene rings is 1. The van der Waals surface area contributed by atoms with Crippen molar-refractivity contribution in [3.05, 3.63) is 22.4 Å².